The second-order valence-electron chi connectivity index (χ2n) is 24.8. The van der Waals surface area contributed by atoms with Gasteiger partial charge < -0.3 is 33.8 Å². The van der Waals surface area contributed by atoms with Crippen molar-refractivity contribution in [1.82, 2.24) is 0 Å². The maximum atomic E-state index is 13.1. The Morgan fingerprint density at radius 2 is 0.571 bits per heavy atom. The topological polar surface area (TPSA) is 237 Å². The number of esters is 4. The van der Waals surface area contributed by atoms with E-state index in [1.54, 1.807) is 6.08 Å². The van der Waals surface area contributed by atoms with Gasteiger partial charge in [0.05, 0.1) is 32.8 Å². The fourth-order valence-electron chi connectivity index (χ4n) is 9.75. The Kier molecular flexibility index (Phi) is 67.6. The summed E-state index contributed by atoms with van der Waals surface area (Å²) in [6.07, 6.45) is 76.6. The Morgan fingerprint density at radius 1 is 0.306 bits per heavy atom. The number of unbranched alkanes of at least 4 members (excludes halogenated alkanes) is 25. The Labute approximate surface area is 593 Å². The number of aliphatic hydroxyl groups is 1. The molecule has 98 heavy (non-hydrogen) atoms. The first-order valence-corrected chi connectivity index (χ1v) is 40.8. The molecule has 5 unspecified atom stereocenters. The predicted molar refractivity (Wildman–Crippen MR) is 399 cm³/mol. The zero-order valence-electron chi connectivity index (χ0n) is 61.2. The minimum Gasteiger partial charge on any atom is -0.462 e. The third-order valence-electron chi connectivity index (χ3n) is 15.5. The average molecular weight is 1420 g/mol. The summed E-state index contributed by atoms with van der Waals surface area (Å²) in [5.41, 5.74) is 0. The molecule has 0 radical (unpaired) electrons. The molecule has 3 N–H and O–H groups in total. The number of aliphatic hydroxyl groups excluding tert-OH is 1. The average Bonchev–Trinajstić information content (AvgIpc) is 0.959. The number of hydrogen-bond donors (Lipinski definition) is 3. The number of allylic oxidation sites excluding steroid dienone is 19. The molecule has 5 atom stereocenters. The minimum atomic E-state index is -4.99. The van der Waals surface area contributed by atoms with E-state index in [1.165, 1.54) is 89.9 Å². The van der Waals surface area contributed by atoms with E-state index in [1.807, 2.05) is 18.2 Å². The molecule has 0 aliphatic carbocycles. The quantitative estimate of drug-likeness (QED) is 0.0169. The lowest BCUT2D eigenvalue weighted by Crippen LogP contribution is -2.30. The van der Waals surface area contributed by atoms with Crippen LogP contribution in [0.1, 0.15) is 297 Å². The summed E-state index contributed by atoms with van der Waals surface area (Å²) in [7, 11) is -9.98. The van der Waals surface area contributed by atoms with Crippen LogP contribution in [-0.2, 0) is 65.4 Å². The minimum absolute atomic E-state index is 0.0713. The number of phosphoric ester groups is 2. The lowest BCUT2D eigenvalue weighted by atomic mass is 10.0. The van der Waals surface area contributed by atoms with Crippen molar-refractivity contribution in [3.8, 4) is 0 Å². The molecule has 0 aromatic carbocycles. The number of phosphoric acid groups is 2. The Bertz CT molecular complexity index is 2340. The van der Waals surface area contributed by atoms with E-state index in [0.29, 0.717) is 25.7 Å². The molecule has 0 saturated heterocycles. The van der Waals surface area contributed by atoms with Crippen molar-refractivity contribution in [3.05, 3.63) is 122 Å². The van der Waals surface area contributed by atoms with Crippen molar-refractivity contribution < 1.29 is 80.2 Å². The molecule has 0 aliphatic heterocycles. The number of ether oxygens (including phenoxy) is 4. The SMILES string of the molecule is CC/C=C\C/C=C\C/C=C\C/C=C\C/C=C\CC(=O)OCC(COP(=O)(O)OCC(O)COP(=O)(O)OCC(COC(=O)CCCC/C=C\C/C=C\C/C=C\C/C=C\CC)OC(=O)CCCCCCC/C=C\CCCCCCCC)OC(=O)CCCCCCCCCCCCCCC. The van der Waals surface area contributed by atoms with Gasteiger partial charge in [0.25, 0.3) is 0 Å². The van der Waals surface area contributed by atoms with E-state index in [2.05, 4.69) is 125 Å². The van der Waals surface area contributed by atoms with Crippen LogP contribution in [0.4, 0.5) is 0 Å². The van der Waals surface area contributed by atoms with Crippen LogP contribution in [0, 0.1) is 0 Å². The summed E-state index contributed by atoms with van der Waals surface area (Å²) in [5, 5.41) is 10.6. The van der Waals surface area contributed by atoms with E-state index in [4.69, 9.17) is 37.0 Å². The van der Waals surface area contributed by atoms with Crippen LogP contribution in [0.2, 0.25) is 0 Å². The Hall–Kier alpha value is -4.54. The molecule has 0 aromatic heterocycles. The van der Waals surface area contributed by atoms with Gasteiger partial charge in [-0.1, -0.05) is 278 Å². The highest BCUT2D eigenvalue weighted by atomic mass is 31.2. The molecule has 0 bridgehead atoms. The van der Waals surface area contributed by atoms with Crippen molar-refractivity contribution in [2.75, 3.05) is 39.6 Å². The van der Waals surface area contributed by atoms with Crippen LogP contribution in [0.5, 0.6) is 0 Å². The van der Waals surface area contributed by atoms with Gasteiger partial charge in [0, 0.05) is 19.3 Å². The number of carbonyl (C=O) groups excluding carboxylic acids is 4. The highest BCUT2D eigenvalue weighted by Crippen LogP contribution is 2.45. The summed E-state index contributed by atoms with van der Waals surface area (Å²) >= 11 is 0. The molecule has 17 nitrogen and oxygen atoms in total. The summed E-state index contributed by atoms with van der Waals surface area (Å²) in [6, 6.07) is 0. The van der Waals surface area contributed by atoms with Gasteiger partial charge in [0.2, 0.25) is 0 Å². The first-order valence-electron chi connectivity index (χ1n) is 37.8. The van der Waals surface area contributed by atoms with E-state index in [0.717, 1.165) is 128 Å². The largest absolute Gasteiger partial charge is 0.472 e. The van der Waals surface area contributed by atoms with Crippen molar-refractivity contribution in [3.63, 3.8) is 0 Å². The van der Waals surface area contributed by atoms with Gasteiger partial charge in [-0.3, -0.25) is 37.3 Å². The molecule has 0 aromatic rings. The summed E-state index contributed by atoms with van der Waals surface area (Å²) < 4.78 is 68.3. The Morgan fingerprint density at radius 3 is 0.939 bits per heavy atom. The van der Waals surface area contributed by atoms with Crippen molar-refractivity contribution in [1.29, 1.82) is 0 Å². The van der Waals surface area contributed by atoms with Crippen molar-refractivity contribution in [2.24, 2.45) is 0 Å². The first kappa shape index (κ1) is 93.5. The van der Waals surface area contributed by atoms with E-state index < -0.39 is 97.5 Å². The lowest BCUT2D eigenvalue weighted by molar-refractivity contribution is -0.161. The van der Waals surface area contributed by atoms with E-state index in [-0.39, 0.29) is 25.7 Å². The van der Waals surface area contributed by atoms with Gasteiger partial charge >= 0.3 is 39.5 Å². The molecule has 0 fully saturated rings. The van der Waals surface area contributed by atoms with E-state index >= 15 is 0 Å². The highest BCUT2D eigenvalue weighted by Gasteiger charge is 2.30. The lowest BCUT2D eigenvalue weighted by Gasteiger charge is -2.21. The molecular formula is C79H134O17P2. The summed E-state index contributed by atoms with van der Waals surface area (Å²) in [4.78, 5) is 72.7. The third kappa shape index (κ3) is 69.9. The molecule has 0 amide bonds. The van der Waals surface area contributed by atoms with E-state index in [9.17, 15) is 43.2 Å². The van der Waals surface area contributed by atoms with Gasteiger partial charge in [-0.2, -0.15) is 0 Å². The predicted octanol–water partition coefficient (Wildman–Crippen LogP) is 21.6. The Balaban J connectivity index is 5.45. The van der Waals surface area contributed by atoms with Crippen LogP contribution < -0.4 is 0 Å². The monoisotopic (exact) mass is 1420 g/mol. The normalized spacial score (nSPS) is 14.6. The summed E-state index contributed by atoms with van der Waals surface area (Å²) in [6.45, 7) is 4.47. The molecule has 0 rings (SSSR count). The van der Waals surface area contributed by atoms with Gasteiger partial charge in [-0.15, -0.1) is 0 Å². The van der Waals surface area contributed by atoms with Crippen molar-refractivity contribution >= 4 is 39.5 Å². The van der Waals surface area contributed by atoms with Crippen molar-refractivity contribution in [2.45, 2.75) is 316 Å². The van der Waals surface area contributed by atoms with Crippen LogP contribution in [0.25, 0.3) is 0 Å². The van der Waals surface area contributed by atoms with Gasteiger partial charge in [-0.25, -0.2) is 9.13 Å². The smallest absolute Gasteiger partial charge is 0.462 e. The van der Waals surface area contributed by atoms with Crippen LogP contribution in [0.15, 0.2) is 122 Å². The standard InChI is InChI=1S/C79H134O17P2/c1-5-9-13-17-21-25-29-33-36-40-43-47-51-55-59-63-76(81)89-69-74(95-78(83)65-61-57-53-49-45-39-32-28-24-20-16-12-8-4)71-93-97(85,86)91-67-73(80)68-92-98(87,88)94-72-75(96-79(84)66-62-58-54-50-46-42-38-35-31-27-23-19-15-11-7-3)70-90-77(82)64-60-56-52-48-44-41-37-34-30-26-22-18-14-10-6-2/h9-10,13-14,21-22,25-26,33-38,43-44,47-48,55,59,73-75,80H,5-8,11-12,15-20,23-24,27-32,39-42,45-46,49-54,56-58,60-72H2,1-4H3,(H,85,86)(H,87,88)/b13-9-,14-10-,25-21-,26-22-,36-33-,37-34-,38-35-,47-43-,48-44-,59-55-. The fourth-order valence-corrected chi connectivity index (χ4v) is 11.3. The van der Waals surface area contributed by atoms with Crippen LogP contribution >= 0.6 is 15.6 Å². The number of rotatable bonds is 70. The molecule has 0 heterocycles. The zero-order valence-corrected chi connectivity index (χ0v) is 63.0. The second-order valence-corrected chi connectivity index (χ2v) is 27.8. The zero-order chi connectivity index (χ0) is 71.8. The molecule has 19 heteroatoms. The molecule has 0 spiro atoms. The fraction of sp³-hybridized carbons (Fsp3) is 0.696. The van der Waals surface area contributed by atoms with Gasteiger partial charge in [0.1, 0.15) is 19.3 Å². The maximum Gasteiger partial charge on any atom is 0.472 e. The maximum absolute atomic E-state index is 13.1. The van der Waals surface area contributed by atoms with Crippen LogP contribution in [-0.4, -0.2) is 96.7 Å². The number of hydrogen-bond acceptors (Lipinski definition) is 15. The van der Waals surface area contributed by atoms with Gasteiger partial charge in [-0.05, 0) is 116 Å². The molecule has 562 valence electrons. The second kappa shape index (κ2) is 70.9. The van der Waals surface area contributed by atoms with Gasteiger partial charge in [0.15, 0.2) is 12.2 Å². The number of carbonyl (C=O) groups is 4. The summed E-state index contributed by atoms with van der Waals surface area (Å²) in [5.74, 6) is -2.38. The molecule has 0 aliphatic rings. The first-order chi connectivity index (χ1) is 47.7. The molecular weight excluding hydrogens is 1280 g/mol. The highest BCUT2D eigenvalue weighted by molar-refractivity contribution is 7.47. The third-order valence-corrected chi connectivity index (χ3v) is 17.4. The molecule has 0 saturated carbocycles. The van der Waals surface area contributed by atoms with Crippen LogP contribution in [0.3, 0.4) is 0 Å².